The van der Waals surface area contributed by atoms with Crippen LogP contribution in [0, 0.1) is 0 Å². The van der Waals surface area contributed by atoms with E-state index in [4.69, 9.17) is 0 Å². The van der Waals surface area contributed by atoms with E-state index in [0.717, 1.165) is 6.42 Å². The van der Waals surface area contributed by atoms with Crippen molar-refractivity contribution in [2.45, 2.75) is 42.7 Å². The number of hydrogen-bond donors (Lipinski definition) is 5. The third-order valence-electron chi connectivity index (χ3n) is 4.33. The quantitative estimate of drug-likeness (QED) is 0.459. The standard InChI is InChI=1S/C9H19NO7P2/c11-9(18(12,13)14,19(15,16)17)8-4-1-2-6-10(8)7-3-5-8/h11H,1-7H2,(H2,12,13,14)(H2,15,16,17). The second-order valence-electron chi connectivity index (χ2n) is 5.30. The minimum absolute atomic E-state index is 0.180. The van der Waals surface area contributed by atoms with E-state index in [1.165, 1.54) is 0 Å². The van der Waals surface area contributed by atoms with Gasteiger partial charge in [0, 0.05) is 0 Å². The van der Waals surface area contributed by atoms with E-state index in [1.54, 1.807) is 4.90 Å². The Balaban J connectivity index is 2.61. The van der Waals surface area contributed by atoms with Crippen molar-refractivity contribution in [3.63, 3.8) is 0 Å². The van der Waals surface area contributed by atoms with Gasteiger partial charge >= 0.3 is 15.2 Å². The first-order chi connectivity index (χ1) is 8.56. The molecule has 0 aromatic carbocycles. The molecule has 10 heteroatoms. The third kappa shape index (κ3) is 2.06. The van der Waals surface area contributed by atoms with Gasteiger partial charge in [-0.2, -0.15) is 0 Å². The number of hydrogen-bond acceptors (Lipinski definition) is 4. The summed E-state index contributed by atoms with van der Waals surface area (Å²) < 4.78 is 23.3. The lowest BCUT2D eigenvalue weighted by molar-refractivity contribution is -0.0389. The lowest BCUT2D eigenvalue weighted by Crippen LogP contribution is -2.62. The molecule has 112 valence electrons. The predicted octanol–water partition coefficient (Wildman–Crippen LogP) is 0.00640. The summed E-state index contributed by atoms with van der Waals surface area (Å²) in [4.78, 5) is 39.3. The van der Waals surface area contributed by atoms with Gasteiger partial charge in [-0.1, -0.05) is 6.42 Å². The Labute approximate surface area is 110 Å². The number of fused-ring (bicyclic) bond motifs is 1. The van der Waals surface area contributed by atoms with Gasteiger partial charge in [0.25, 0.3) is 5.08 Å². The van der Waals surface area contributed by atoms with Crippen LogP contribution in [0.25, 0.3) is 0 Å². The van der Waals surface area contributed by atoms with E-state index in [-0.39, 0.29) is 12.8 Å². The highest BCUT2D eigenvalue weighted by atomic mass is 31.2. The number of rotatable bonds is 3. The van der Waals surface area contributed by atoms with E-state index in [0.29, 0.717) is 25.9 Å². The zero-order valence-electron chi connectivity index (χ0n) is 10.3. The van der Waals surface area contributed by atoms with Crippen LogP contribution < -0.4 is 0 Å². The normalized spacial score (nSPS) is 30.4. The predicted molar refractivity (Wildman–Crippen MR) is 66.4 cm³/mol. The van der Waals surface area contributed by atoms with Crippen molar-refractivity contribution < 1.29 is 33.8 Å². The molecule has 0 radical (unpaired) electrons. The Morgan fingerprint density at radius 1 is 0.895 bits per heavy atom. The lowest BCUT2D eigenvalue weighted by Gasteiger charge is -2.51. The molecule has 0 aromatic rings. The summed E-state index contributed by atoms with van der Waals surface area (Å²) in [5.41, 5.74) is -1.52. The fraction of sp³-hybridized carbons (Fsp3) is 1.00. The first kappa shape index (κ1) is 15.6. The van der Waals surface area contributed by atoms with Gasteiger partial charge in [0.05, 0.1) is 5.54 Å². The largest absolute Gasteiger partial charge is 0.371 e. The molecule has 5 N–H and O–H groups in total. The third-order valence-corrected chi connectivity index (χ3v) is 8.35. The molecule has 2 heterocycles. The summed E-state index contributed by atoms with van der Waals surface area (Å²) in [6, 6.07) is 0. The van der Waals surface area contributed by atoms with Crippen molar-refractivity contribution in [3.05, 3.63) is 0 Å². The van der Waals surface area contributed by atoms with E-state index in [2.05, 4.69) is 0 Å². The first-order valence-electron chi connectivity index (χ1n) is 6.15. The van der Waals surface area contributed by atoms with Gasteiger partial charge in [0.2, 0.25) is 0 Å². The molecule has 1 unspecified atom stereocenters. The highest BCUT2D eigenvalue weighted by Crippen LogP contribution is 2.75. The topological polar surface area (TPSA) is 139 Å². The number of nitrogens with zero attached hydrogens (tertiary/aromatic N) is 1. The van der Waals surface area contributed by atoms with E-state index in [1.807, 2.05) is 0 Å². The van der Waals surface area contributed by atoms with Gasteiger partial charge in [-0.25, -0.2) is 0 Å². The van der Waals surface area contributed by atoms with Gasteiger partial charge in [0.1, 0.15) is 0 Å². The fourth-order valence-corrected chi connectivity index (χ4v) is 6.70. The molecule has 2 rings (SSSR count). The Morgan fingerprint density at radius 2 is 1.37 bits per heavy atom. The molecule has 19 heavy (non-hydrogen) atoms. The van der Waals surface area contributed by atoms with Crippen molar-refractivity contribution in [1.29, 1.82) is 0 Å². The number of piperidine rings is 1. The van der Waals surface area contributed by atoms with Crippen LogP contribution >= 0.6 is 15.2 Å². The van der Waals surface area contributed by atoms with Gasteiger partial charge in [0.15, 0.2) is 0 Å². The van der Waals surface area contributed by atoms with Crippen LogP contribution in [0.4, 0.5) is 0 Å². The smallest absolute Gasteiger partial charge is 0.366 e. The summed E-state index contributed by atoms with van der Waals surface area (Å²) in [6.45, 7) is 0.977. The van der Waals surface area contributed by atoms with Crippen LogP contribution in [-0.2, 0) is 9.13 Å². The molecule has 2 aliphatic rings. The van der Waals surface area contributed by atoms with Crippen LogP contribution in [-0.4, -0.2) is 53.3 Å². The van der Waals surface area contributed by atoms with Crippen LogP contribution in [0.3, 0.4) is 0 Å². The van der Waals surface area contributed by atoms with Crippen molar-refractivity contribution in [1.82, 2.24) is 4.90 Å². The average Bonchev–Trinajstić information content (AvgIpc) is 2.69. The maximum atomic E-state index is 11.7. The van der Waals surface area contributed by atoms with E-state index >= 15 is 0 Å². The number of aliphatic hydroxyl groups is 1. The lowest BCUT2D eigenvalue weighted by atomic mass is 9.86. The summed E-state index contributed by atoms with van der Waals surface area (Å²) >= 11 is 0. The maximum absolute atomic E-state index is 11.7. The monoisotopic (exact) mass is 315 g/mol. The zero-order chi connectivity index (χ0) is 14.5. The summed E-state index contributed by atoms with van der Waals surface area (Å²) in [7, 11) is -10.8. The molecular formula is C9H19NO7P2. The van der Waals surface area contributed by atoms with Gasteiger partial charge in [-0.3, -0.25) is 14.0 Å². The molecule has 2 fully saturated rings. The average molecular weight is 315 g/mol. The summed E-state index contributed by atoms with van der Waals surface area (Å²) in [5.74, 6) is 0. The highest BCUT2D eigenvalue weighted by Gasteiger charge is 2.73. The Kier molecular flexibility index (Phi) is 3.79. The zero-order valence-corrected chi connectivity index (χ0v) is 12.1. The second-order valence-corrected chi connectivity index (χ2v) is 9.13. The molecule has 2 aliphatic heterocycles. The van der Waals surface area contributed by atoms with Crippen LogP contribution in [0.15, 0.2) is 0 Å². The molecule has 2 saturated heterocycles. The first-order valence-corrected chi connectivity index (χ1v) is 9.37. The van der Waals surface area contributed by atoms with Crippen LogP contribution in [0.2, 0.25) is 0 Å². The van der Waals surface area contributed by atoms with Crippen LogP contribution in [0.5, 0.6) is 0 Å². The Hall–Kier alpha value is 0.220. The maximum Gasteiger partial charge on any atom is 0.371 e. The van der Waals surface area contributed by atoms with E-state index in [9.17, 15) is 33.8 Å². The molecule has 1 atom stereocenters. The van der Waals surface area contributed by atoms with Crippen molar-refractivity contribution in [3.8, 4) is 0 Å². The molecule has 0 bridgehead atoms. The van der Waals surface area contributed by atoms with Gasteiger partial charge < -0.3 is 24.7 Å². The molecule has 0 aromatic heterocycles. The van der Waals surface area contributed by atoms with Gasteiger partial charge in [-0.05, 0) is 38.8 Å². The summed E-state index contributed by atoms with van der Waals surface area (Å²) in [5, 5.41) is 7.09. The molecule has 0 aliphatic carbocycles. The minimum Gasteiger partial charge on any atom is -0.366 e. The molecular weight excluding hydrogens is 296 g/mol. The van der Waals surface area contributed by atoms with Crippen molar-refractivity contribution >= 4 is 15.2 Å². The molecule has 0 amide bonds. The van der Waals surface area contributed by atoms with E-state index < -0.39 is 25.8 Å². The second kappa shape index (κ2) is 4.61. The van der Waals surface area contributed by atoms with Crippen molar-refractivity contribution in [2.24, 2.45) is 0 Å². The van der Waals surface area contributed by atoms with Crippen LogP contribution in [0.1, 0.15) is 32.1 Å². The Morgan fingerprint density at radius 3 is 1.89 bits per heavy atom. The summed E-state index contributed by atoms with van der Waals surface area (Å²) in [6.07, 6.45) is 2.29. The molecule has 8 nitrogen and oxygen atoms in total. The van der Waals surface area contributed by atoms with Crippen molar-refractivity contribution in [2.75, 3.05) is 13.1 Å². The highest BCUT2D eigenvalue weighted by molar-refractivity contribution is 7.72. The molecule has 0 spiro atoms. The Bertz CT molecular complexity index is 435. The van der Waals surface area contributed by atoms with Gasteiger partial charge in [-0.15, -0.1) is 0 Å². The SMILES string of the molecule is O=P(O)(O)C(O)(C12CCCCN1CCC2)P(=O)(O)O. The fourth-order valence-electron chi connectivity index (χ4n) is 3.52. The minimum atomic E-state index is -5.41. The molecule has 0 saturated carbocycles.